The standard InChI is InChI=1S/C40H50N2/c1-37(2,3)28-18-15-26(16-19-28)30-24-29(38(4,5)6)25-31(36(30)42-35-14-12-11-13-34(35)41)27-17-20-32-33(23-27)40(9,10)22-21-39(32,7)8/h11-20,23-25,42H,21-22,41H2,1-10H3/i7D3,8D3,9D3,10D3,15D,16D,18D,19D,21D2,22D2. The van der Waals surface area contributed by atoms with Gasteiger partial charge in [0.1, 0.15) is 0 Å². The summed E-state index contributed by atoms with van der Waals surface area (Å²) >= 11 is 0. The molecule has 1 aliphatic rings. The van der Waals surface area contributed by atoms with Gasteiger partial charge in [0.2, 0.25) is 0 Å². The minimum Gasteiger partial charge on any atom is -0.397 e. The average Bonchev–Trinajstić information content (AvgIpc) is 3.05. The first-order valence-corrected chi connectivity index (χ1v) is 13.8. The fourth-order valence-electron chi connectivity index (χ4n) is 4.87. The highest BCUT2D eigenvalue weighted by atomic mass is 14.9. The molecule has 0 unspecified atom stereocenters. The van der Waals surface area contributed by atoms with Gasteiger partial charge in [0, 0.05) is 33.1 Å². The number of para-hydroxylation sites is 2. The largest absolute Gasteiger partial charge is 0.397 e. The van der Waals surface area contributed by atoms with Gasteiger partial charge in [-0.2, -0.15) is 0 Å². The number of fused-ring (bicyclic) bond motifs is 1. The van der Waals surface area contributed by atoms with Crippen LogP contribution in [0.4, 0.5) is 17.1 Å². The first kappa shape index (κ1) is 13.8. The lowest BCUT2D eigenvalue weighted by atomic mass is 9.63. The highest BCUT2D eigenvalue weighted by molar-refractivity contribution is 5.95. The van der Waals surface area contributed by atoms with Crippen molar-refractivity contribution < 1.29 is 27.4 Å². The van der Waals surface area contributed by atoms with Gasteiger partial charge in [-0.3, -0.25) is 0 Å². The van der Waals surface area contributed by atoms with Crippen LogP contribution in [0.1, 0.15) is 131 Å². The Morgan fingerprint density at radius 2 is 1.29 bits per heavy atom. The summed E-state index contributed by atoms with van der Waals surface area (Å²) in [6, 6.07) is 11.1. The predicted octanol–water partition coefficient (Wildman–Crippen LogP) is 11.3. The number of nitrogens with one attached hydrogen (secondary N) is 1. The second kappa shape index (κ2) is 10.3. The maximum atomic E-state index is 9.32. The second-order valence-corrected chi connectivity index (χ2v) is 12.9. The van der Waals surface area contributed by atoms with Crippen molar-refractivity contribution >= 4 is 17.1 Å². The van der Waals surface area contributed by atoms with Gasteiger partial charge in [-0.25, -0.2) is 0 Å². The third-order valence-electron chi connectivity index (χ3n) is 7.45. The van der Waals surface area contributed by atoms with E-state index in [4.69, 9.17) is 27.7 Å². The van der Waals surface area contributed by atoms with Crippen LogP contribution in [0.2, 0.25) is 0 Å². The zero-order valence-corrected chi connectivity index (χ0v) is 24.8. The number of benzene rings is 4. The van der Waals surface area contributed by atoms with Crippen LogP contribution in [-0.2, 0) is 21.7 Å². The summed E-state index contributed by atoms with van der Waals surface area (Å²) in [6.45, 7) is -5.12. The van der Waals surface area contributed by atoms with Crippen molar-refractivity contribution in [1.82, 2.24) is 0 Å². The molecule has 0 fully saturated rings. The van der Waals surface area contributed by atoms with E-state index in [1.165, 1.54) is 0 Å². The van der Waals surface area contributed by atoms with Gasteiger partial charge in [0.25, 0.3) is 0 Å². The van der Waals surface area contributed by atoms with Crippen LogP contribution < -0.4 is 11.1 Å². The van der Waals surface area contributed by atoms with Gasteiger partial charge in [0.05, 0.1) is 22.5 Å². The van der Waals surface area contributed by atoms with Crippen molar-refractivity contribution in [3.05, 3.63) is 101 Å². The topological polar surface area (TPSA) is 38.0 Å². The van der Waals surface area contributed by atoms with Crippen LogP contribution in [0.5, 0.6) is 0 Å². The summed E-state index contributed by atoms with van der Waals surface area (Å²) in [5.41, 5.74) is -4.06. The van der Waals surface area contributed by atoms with E-state index in [1.807, 2.05) is 20.8 Å². The Morgan fingerprint density at radius 3 is 1.86 bits per heavy atom. The van der Waals surface area contributed by atoms with Gasteiger partial charge >= 0.3 is 0 Å². The van der Waals surface area contributed by atoms with E-state index < -0.39 is 85.0 Å². The molecule has 0 heterocycles. The quantitative estimate of drug-likeness (QED) is 0.236. The minimum absolute atomic E-state index is 0.0283. The molecule has 0 bridgehead atoms. The molecule has 5 rings (SSSR count). The first-order valence-electron chi connectivity index (χ1n) is 23.8. The number of hydrogen-bond acceptors (Lipinski definition) is 2. The van der Waals surface area contributed by atoms with Crippen molar-refractivity contribution in [2.24, 2.45) is 0 Å². The third kappa shape index (κ3) is 5.74. The molecule has 0 aromatic heterocycles. The summed E-state index contributed by atoms with van der Waals surface area (Å²) in [4.78, 5) is 0. The van der Waals surface area contributed by atoms with E-state index in [0.29, 0.717) is 5.56 Å². The fourth-order valence-corrected chi connectivity index (χ4v) is 4.87. The Hall–Kier alpha value is -3.52. The molecule has 0 amide bonds. The zero-order chi connectivity index (χ0) is 47.7. The number of nitrogen functional groups attached to an aromatic ring is 1. The molecule has 220 valence electrons. The molecule has 0 atom stereocenters. The SMILES string of the molecule is [2H]c1c([2H])c(C(C)(C)C)c([2H])c([2H])c1-c1cc(C(C)(C)C)cc(-c2ccc3c(c2)C(C([2H])([2H])[2H])(C([2H])([2H])[2H])C([2H])([2H])C([2H])([2H])C3(C([2H])([2H])[2H])C([2H])([2H])[2H])c1Nc1ccccc1N. The molecule has 0 radical (unpaired) electrons. The van der Waals surface area contributed by atoms with Crippen molar-refractivity contribution in [2.75, 3.05) is 11.1 Å². The Morgan fingerprint density at radius 1 is 0.714 bits per heavy atom. The van der Waals surface area contributed by atoms with Gasteiger partial charge in [0.15, 0.2) is 0 Å². The van der Waals surface area contributed by atoms with E-state index in [2.05, 4.69) is 5.32 Å². The van der Waals surface area contributed by atoms with Crippen molar-refractivity contribution in [3.63, 3.8) is 0 Å². The van der Waals surface area contributed by atoms with Gasteiger partial charge in [-0.1, -0.05) is 123 Å². The molecule has 2 heteroatoms. The third-order valence-corrected chi connectivity index (χ3v) is 7.45. The molecule has 0 saturated heterocycles. The van der Waals surface area contributed by atoms with Crippen LogP contribution in [0.25, 0.3) is 22.3 Å². The van der Waals surface area contributed by atoms with E-state index in [1.54, 1.807) is 57.2 Å². The monoisotopic (exact) mass is 579 g/mol. The van der Waals surface area contributed by atoms with Crippen molar-refractivity contribution in [2.45, 2.75) is 103 Å². The predicted molar refractivity (Wildman–Crippen MR) is 184 cm³/mol. The Bertz CT molecular complexity index is 2370. The molecule has 0 saturated carbocycles. The number of anilines is 3. The molecule has 2 nitrogen and oxygen atoms in total. The van der Waals surface area contributed by atoms with Crippen LogP contribution in [-0.4, -0.2) is 0 Å². The normalized spacial score (nSPS) is 26.7. The average molecular weight is 579 g/mol. The van der Waals surface area contributed by atoms with E-state index in [9.17, 15) is 5.48 Å². The van der Waals surface area contributed by atoms with E-state index in [0.717, 1.165) is 18.2 Å². The molecule has 42 heavy (non-hydrogen) atoms. The molecular weight excluding hydrogens is 508 g/mol. The fraction of sp³-hybridized carbons (Fsp3) is 0.400. The first-order chi connectivity index (χ1) is 27.7. The maximum absolute atomic E-state index is 9.32. The van der Waals surface area contributed by atoms with E-state index in [-0.39, 0.29) is 57.0 Å². The molecular formula is C40H50N2. The van der Waals surface area contributed by atoms with Crippen LogP contribution in [0, 0.1) is 0 Å². The zero-order valence-electron chi connectivity index (χ0n) is 44.8. The number of rotatable bonds is 4. The summed E-state index contributed by atoms with van der Waals surface area (Å²) in [6.07, 6.45) is -8.46. The molecule has 4 aromatic rings. The maximum Gasteiger partial charge on any atom is 0.0629 e. The van der Waals surface area contributed by atoms with Gasteiger partial charge in [-0.05, 0) is 92.1 Å². The summed E-state index contributed by atoms with van der Waals surface area (Å²) in [5, 5.41) is 3.23. The highest BCUT2D eigenvalue weighted by Gasteiger charge is 2.37. The molecule has 4 aromatic carbocycles. The molecule has 0 spiro atoms. The number of hydrogen-bond donors (Lipinski definition) is 2. The van der Waals surface area contributed by atoms with Gasteiger partial charge in [-0.15, -0.1) is 0 Å². The Balaban J connectivity index is 2.15. The lowest BCUT2D eigenvalue weighted by Gasteiger charge is -2.42. The Labute approximate surface area is 282 Å². The highest BCUT2D eigenvalue weighted by Crippen LogP contribution is 2.49. The Kier molecular flexibility index (Phi) is 3.41. The lowest BCUT2D eigenvalue weighted by molar-refractivity contribution is 0.332. The minimum atomic E-state index is -4.26. The smallest absolute Gasteiger partial charge is 0.0629 e. The van der Waals surface area contributed by atoms with Crippen LogP contribution in [0.3, 0.4) is 0 Å². The summed E-state index contributed by atoms with van der Waals surface area (Å²) in [5.74, 6) is 0. The molecule has 1 aliphatic carbocycles. The van der Waals surface area contributed by atoms with Gasteiger partial charge < -0.3 is 11.1 Å². The summed E-state index contributed by atoms with van der Waals surface area (Å²) in [7, 11) is 0. The molecule has 0 aliphatic heterocycles. The number of nitrogens with two attached hydrogens (primary N) is 1. The second-order valence-electron chi connectivity index (χ2n) is 12.9. The van der Waals surface area contributed by atoms with Crippen molar-refractivity contribution in [1.29, 1.82) is 0 Å². The summed E-state index contributed by atoms with van der Waals surface area (Å²) < 4.78 is 177. The van der Waals surface area contributed by atoms with Crippen molar-refractivity contribution in [3.8, 4) is 22.3 Å². The molecule has 3 N–H and O–H groups in total. The van der Waals surface area contributed by atoms with Crippen LogP contribution in [0.15, 0.2) is 78.8 Å². The lowest BCUT2D eigenvalue weighted by Crippen LogP contribution is -2.33. The van der Waals surface area contributed by atoms with E-state index >= 15 is 0 Å². The van der Waals surface area contributed by atoms with Crippen LogP contribution >= 0.6 is 0 Å².